The zero-order valence-corrected chi connectivity index (χ0v) is 8.86. The minimum absolute atomic E-state index is 0.261. The average Bonchev–Trinajstić information content (AvgIpc) is 2.81. The number of nitrogens with zero attached hydrogens (tertiary/aromatic N) is 1. The molecule has 2 nitrogen and oxygen atoms in total. The summed E-state index contributed by atoms with van der Waals surface area (Å²) >= 11 is 0. The Bertz CT molecular complexity index is 315. The van der Waals surface area contributed by atoms with E-state index in [2.05, 4.69) is 12.1 Å². The van der Waals surface area contributed by atoms with Gasteiger partial charge in [-0.2, -0.15) is 0 Å². The molecule has 15 heavy (non-hydrogen) atoms. The van der Waals surface area contributed by atoms with Crippen LogP contribution in [0.5, 0.6) is 0 Å². The number of amides is 1. The van der Waals surface area contributed by atoms with Gasteiger partial charge in [-0.1, -0.05) is 30.3 Å². The van der Waals surface area contributed by atoms with Crippen molar-refractivity contribution >= 4 is 5.91 Å². The molecule has 0 N–H and O–H groups in total. The first-order valence-electron chi connectivity index (χ1n) is 5.53. The lowest BCUT2D eigenvalue weighted by Crippen LogP contribution is -2.24. The Morgan fingerprint density at radius 1 is 1.27 bits per heavy atom. The maximum absolute atomic E-state index is 11.7. The van der Waals surface area contributed by atoms with E-state index in [0.717, 1.165) is 25.8 Å². The van der Waals surface area contributed by atoms with E-state index in [4.69, 9.17) is 0 Å². The van der Waals surface area contributed by atoms with E-state index in [1.54, 1.807) is 0 Å². The second-order valence-electron chi connectivity index (χ2n) is 3.90. The van der Waals surface area contributed by atoms with Gasteiger partial charge in [0.15, 0.2) is 0 Å². The highest BCUT2D eigenvalue weighted by Gasteiger charge is 2.17. The standard InChI is InChI=1S/C13H16NO/c15-13(14-10-4-5-11-14)9-8-12-6-2-1-3-7-12/h1-3,6-7,10H,4-5,8-9,11H2. The summed E-state index contributed by atoms with van der Waals surface area (Å²) in [5, 5.41) is 0. The molecule has 0 bridgehead atoms. The molecule has 1 aliphatic rings. The second kappa shape index (κ2) is 4.96. The second-order valence-corrected chi connectivity index (χ2v) is 3.90. The van der Waals surface area contributed by atoms with E-state index >= 15 is 0 Å². The first kappa shape index (κ1) is 10.2. The van der Waals surface area contributed by atoms with Crippen LogP contribution in [0, 0.1) is 6.54 Å². The van der Waals surface area contributed by atoms with Crippen LogP contribution in [0.1, 0.15) is 24.8 Å². The smallest absolute Gasteiger partial charge is 0.223 e. The van der Waals surface area contributed by atoms with Gasteiger partial charge in [0, 0.05) is 13.0 Å². The Balaban J connectivity index is 1.80. The van der Waals surface area contributed by atoms with Crippen molar-refractivity contribution in [1.82, 2.24) is 4.90 Å². The minimum atomic E-state index is 0.261. The number of hydrogen-bond donors (Lipinski definition) is 0. The highest BCUT2D eigenvalue weighted by Crippen LogP contribution is 2.14. The van der Waals surface area contributed by atoms with E-state index in [-0.39, 0.29) is 5.91 Å². The van der Waals surface area contributed by atoms with Gasteiger partial charge in [-0.3, -0.25) is 4.79 Å². The minimum Gasteiger partial charge on any atom is -0.338 e. The summed E-state index contributed by atoms with van der Waals surface area (Å²) in [6.45, 7) is 2.93. The van der Waals surface area contributed by atoms with Crippen LogP contribution in [0.2, 0.25) is 0 Å². The van der Waals surface area contributed by atoms with Crippen molar-refractivity contribution in [2.75, 3.05) is 6.54 Å². The van der Waals surface area contributed by atoms with E-state index < -0.39 is 0 Å². The fourth-order valence-electron chi connectivity index (χ4n) is 1.87. The molecule has 1 radical (unpaired) electrons. The van der Waals surface area contributed by atoms with Crippen LogP contribution < -0.4 is 0 Å². The number of aryl methyl sites for hydroxylation is 1. The van der Waals surface area contributed by atoms with Crippen molar-refractivity contribution in [1.29, 1.82) is 0 Å². The Labute approximate surface area is 90.9 Å². The Morgan fingerprint density at radius 3 is 2.73 bits per heavy atom. The van der Waals surface area contributed by atoms with Gasteiger partial charge in [0.2, 0.25) is 5.91 Å². The fraction of sp³-hybridized carbons (Fsp3) is 0.385. The Morgan fingerprint density at radius 2 is 2.07 bits per heavy atom. The SMILES string of the molecule is O=C(CCc1ccccc1)N1[CH]CCC1. The molecule has 0 saturated carbocycles. The van der Waals surface area contributed by atoms with Gasteiger partial charge < -0.3 is 4.90 Å². The predicted octanol–water partition coefficient (Wildman–Crippen LogP) is 2.40. The number of carbonyl (C=O) groups is 1. The van der Waals surface area contributed by atoms with Gasteiger partial charge in [-0.15, -0.1) is 0 Å². The van der Waals surface area contributed by atoms with Gasteiger partial charge in [-0.05, 0) is 24.8 Å². The van der Waals surface area contributed by atoms with Crippen molar-refractivity contribution in [2.24, 2.45) is 0 Å². The lowest BCUT2D eigenvalue weighted by molar-refractivity contribution is -0.128. The molecule has 1 fully saturated rings. The number of likely N-dealkylation sites (tertiary alicyclic amines) is 1. The van der Waals surface area contributed by atoms with Crippen LogP contribution in [-0.2, 0) is 11.2 Å². The van der Waals surface area contributed by atoms with Crippen molar-refractivity contribution in [3.8, 4) is 0 Å². The molecule has 1 heterocycles. The first-order valence-corrected chi connectivity index (χ1v) is 5.53. The molecule has 1 aliphatic heterocycles. The van der Waals surface area contributed by atoms with Crippen molar-refractivity contribution in [2.45, 2.75) is 25.7 Å². The quantitative estimate of drug-likeness (QED) is 0.737. The monoisotopic (exact) mass is 202 g/mol. The van der Waals surface area contributed by atoms with Crippen LogP contribution in [0.15, 0.2) is 30.3 Å². The van der Waals surface area contributed by atoms with Crippen LogP contribution in [-0.4, -0.2) is 17.4 Å². The topological polar surface area (TPSA) is 20.3 Å². The Kier molecular flexibility index (Phi) is 3.38. The number of hydrogen-bond acceptors (Lipinski definition) is 1. The van der Waals surface area contributed by atoms with Crippen LogP contribution >= 0.6 is 0 Å². The van der Waals surface area contributed by atoms with Gasteiger partial charge in [-0.25, -0.2) is 0 Å². The molecule has 1 aromatic carbocycles. The molecular weight excluding hydrogens is 186 g/mol. The molecule has 79 valence electrons. The summed E-state index contributed by atoms with van der Waals surface area (Å²) < 4.78 is 0. The normalized spacial score (nSPS) is 15.6. The molecular formula is C13H16NO. The molecule has 0 unspecified atom stereocenters. The molecule has 2 heteroatoms. The van der Waals surface area contributed by atoms with Crippen LogP contribution in [0.4, 0.5) is 0 Å². The molecule has 0 atom stereocenters. The lowest BCUT2D eigenvalue weighted by Gasteiger charge is -2.14. The van der Waals surface area contributed by atoms with E-state index in [9.17, 15) is 4.79 Å². The molecule has 0 aliphatic carbocycles. The van der Waals surface area contributed by atoms with Gasteiger partial charge in [0.1, 0.15) is 0 Å². The largest absolute Gasteiger partial charge is 0.338 e. The molecule has 1 saturated heterocycles. The van der Waals surface area contributed by atoms with E-state index in [0.29, 0.717) is 6.42 Å². The summed E-state index contributed by atoms with van der Waals surface area (Å²) in [6.07, 6.45) is 3.65. The highest BCUT2D eigenvalue weighted by molar-refractivity contribution is 5.77. The van der Waals surface area contributed by atoms with Crippen LogP contribution in [0.3, 0.4) is 0 Å². The van der Waals surface area contributed by atoms with Crippen molar-refractivity contribution < 1.29 is 4.79 Å². The zero-order valence-electron chi connectivity index (χ0n) is 8.86. The summed E-state index contributed by atoms with van der Waals surface area (Å²) in [5.41, 5.74) is 1.24. The van der Waals surface area contributed by atoms with E-state index in [1.165, 1.54) is 5.56 Å². The molecule has 0 spiro atoms. The lowest BCUT2D eigenvalue weighted by atomic mass is 10.1. The van der Waals surface area contributed by atoms with Crippen LogP contribution in [0.25, 0.3) is 0 Å². The predicted molar refractivity (Wildman–Crippen MR) is 60.0 cm³/mol. The third-order valence-electron chi connectivity index (χ3n) is 2.74. The summed E-state index contributed by atoms with van der Waals surface area (Å²) in [4.78, 5) is 13.6. The summed E-state index contributed by atoms with van der Waals surface area (Å²) in [6, 6.07) is 10.2. The third kappa shape index (κ3) is 2.82. The molecule has 2 rings (SSSR count). The fourth-order valence-corrected chi connectivity index (χ4v) is 1.87. The third-order valence-corrected chi connectivity index (χ3v) is 2.74. The summed E-state index contributed by atoms with van der Waals surface area (Å²) in [7, 11) is 0. The highest BCUT2D eigenvalue weighted by atomic mass is 16.2. The van der Waals surface area contributed by atoms with Gasteiger partial charge in [0.25, 0.3) is 0 Å². The maximum atomic E-state index is 11.7. The molecule has 1 amide bonds. The molecule has 0 aromatic heterocycles. The average molecular weight is 202 g/mol. The van der Waals surface area contributed by atoms with E-state index in [1.807, 2.05) is 29.6 Å². The number of carbonyl (C=O) groups excluding carboxylic acids is 1. The first-order chi connectivity index (χ1) is 7.36. The summed E-state index contributed by atoms with van der Waals surface area (Å²) in [5.74, 6) is 0.261. The van der Waals surface area contributed by atoms with Gasteiger partial charge in [0.05, 0.1) is 6.54 Å². The van der Waals surface area contributed by atoms with Gasteiger partial charge >= 0.3 is 0 Å². The number of rotatable bonds is 3. The maximum Gasteiger partial charge on any atom is 0.223 e. The Hall–Kier alpha value is -1.31. The van der Waals surface area contributed by atoms with Crippen molar-refractivity contribution in [3.05, 3.63) is 42.4 Å². The van der Waals surface area contributed by atoms with Crippen molar-refractivity contribution in [3.63, 3.8) is 0 Å². The number of benzene rings is 1. The zero-order chi connectivity index (χ0) is 10.5. The molecule has 1 aromatic rings.